The zero-order valence-corrected chi connectivity index (χ0v) is 47.2. The summed E-state index contributed by atoms with van der Waals surface area (Å²) >= 11 is 0. The second-order valence-electron chi connectivity index (χ2n) is 19.9. The van der Waals surface area contributed by atoms with Crippen molar-refractivity contribution >= 4 is 17.9 Å². The largest absolute Gasteiger partial charge is 0.462 e. The molecular formula is C66H112O6. The van der Waals surface area contributed by atoms with Crippen molar-refractivity contribution in [1.29, 1.82) is 0 Å². The summed E-state index contributed by atoms with van der Waals surface area (Å²) in [7, 11) is 0. The van der Waals surface area contributed by atoms with E-state index in [1.54, 1.807) is 0 Å². The van der Waals surface area contributed by atoms with E-state index in [9.17, 15) is 14.4 Å². The Morgan fingerprint density at radius 1 is 0.292 bits per heavy atom. The molecule has 0 saturated heterocycles. The third-order valence-corrected chi connectivity index (χ3v) is 12.8. The number of hydrogen-bond acceptors (Lipinski definition) is 6. The smallest absolute Gasteiger partial charge is 0.306 e. The Balaban J connectivity index is 4.33. The van der Waals surface area contributed by atoms with Crippen LogP contribution in [-0.2, 0) is 28.6 Å². The van der Waals surface area contributed by atoms with Crippen molar-refractivity contribution in [2.45, 2.75) is 290 Å². The molecule has 0 aliphatic carbocycles. The maximum absolute atomic E-state index is 12.9. The SMILES string of the molecule is CC/C=C\C/C=C\C/C=C\C/C=C\C/C=C\CCCCCCCCCCCC(=O)OCC(COC(=O)CCCCCCC/C=C\CCCCC)OC(=O)CCCCCCCCC/C=C\C/C=C\CCCCC. The monoisotopic (exact) mass is 1000 g/mol. The zero-order valence-electron chi connectivity index (χ0n) is 47.2. The molecule has 0 radical (unpaired) electrons. The summed E-state index contributed by atoms with van der Waals surface area (Å²) in [6.07, 6.45) is 79.7. The molecule has 6 heteroatoms. The van der Waals surface area contributed by atoms with Gasteiger partial charge in [0.15, 0.2) is 6.10 Å². The predicted molar refractivity (Wildman–Crippen MR) is 311 cm³/mol. The minimum Gasteiger partial charge on any atom is -0.462 e. The molecule has 0 aromatic carbocycles. The molecule has 0 aliphatic heterocycles. The van der Waals surface area contributed by atoms with Crippen LogP contribution in [0.3, 0.4) is 0 Å². The Morgan fingerprint density at radius 2 is 0.542 bits per heavy atom. The van der Waals surface area contributed by atoms with Gasteiger partial charge >= 0.3 is 17.9 Å². The van der Waals surface area contributed by atoms with Crippen molar-refractivity contribution < 1.29 is 28.6 Å². The van der Waals surface area contributed by atoms with Crippen LogP contribution in [0.25, 0.3) is 0 Å². The van der Waals surface area contributed by atoms with E-state index in [-0.39, 0.29) is 31.1 Å². The Hall–Kier alpha value is -3.67. The molecule has 0 saturated carbocycles. The normalized spacial score (nSPS) is 12.8. The van der Waals surface area contributed by atoms with Gasteiger partial charge in [0.25, 0.3) is 0 Å². The second-order valence-corrected chi connectivity index (χ2v) is 19.9. The van der Waals surface area contributed by atoms with Crippen molar-refractivity contribution in [3.8, 4) is 0 Å². The van der Waals surface area contributed by atoms with Gasteiger partial charge in [-0.05, 0) is 122 Å². The van der Waals surface area contributed by atoms with Crippen LogP contribution < -0.4 is 0 Å². The van der Waals surface area contributed by atoms with Crippen molar-refractivity contribution in [2.24, 2.45) is 0 Å². The summed E-state index contributed by atoms with van der Waals surface area (Å²) in [5, 5.41) is 0. The Bertz CT molecular complexity index is 1430. The van der Waals surface area contributed by atoms with E-state index in [0.717, 1.165) is 116 Å². The highest BCUT2D eigenvalue weighted by molar-refractivity contribution is 5.71. The van der Waals surface area contributed by atoms with Gasteiger partial charge in [0.2, 0.25) is 0 Å². The molecule has 0 bridgehead atoms. The quantitative estimate of drug-likeness (QED) is 0.0261. The molecule has 0 heterocycles. The number of allylic oxidation sites excluding steroid dienone is 16. The predicted octanol–water partition coefficient (Wildman–Crippen LogP) is 20.5. The van der Waals surface area contributed by atoms with Gasteiger partial charge < -0.3 is 14.2 Å². The van der Waals surface area contributed by atoms with Crippen molar-refractivity contribution in [1.82, 2.24) is 0 Å². The Kier molecular flexibility index (Phi) is 56.8. The van der Waals surface area contributed by atoms with Crippen molar-refractivity contribution in [3.05, 3.63) is 97.2 Å². The molecule has 412 valence electrons. The molecule has 72 heavy (non-hydrogen) atoms. The van der Waals surface area contributed by atoms with Crippen LogP contribution in [0.2, 0.25) is 0 Å². The first-order valence-corrected chi connectivity index (χ1v) is 30.2. The number of esters is 3. The molecule has 1 unspecified atom stereocenters. The number of unbranched alkanes of at least 4 members (excludes halogenated alkanes) is 27. The minimum atomic E-state index is -0.789. The molecule has 0 aromatic rings. The molecule has 0 rings (SSSR count). The van der Waals surface area contributed by atoms with Crippen LogP contribution in [0.5, 0.6) is 0 Å². The van der Waals surface area contributed by atoms with Crippen LogP contribution in [0, 0.1) is 0 Å². The maximum atomic E-state index is 12.9. The van der Waals surface area contributed by atoms with Gasteiger partial charge in [-0.3, -0.25) is 14.4 Å². The Morgan fingerprint density at radius 3 is 0.861 bits per heavy atom. The highest BCUT2D eigenvalue weighted by atomic mass is 16.6. The molecule has 1 atom stereocenters. The van der Waals surface area contributed by atoms with E-state index in [0.29, 0.717) is 19.3 Å². The Labute approximate surface area is 445 Å². The lowest BCUT2D eigenvalue weighted by Gasteiger charge is -2.18. The van der Waals surface area contributed by atoms with E-state index in [1.807, 2.05) is 0 Å². The summed E-state index contributed by atoms with van der Waals surface area (Å²) in [6, 6.07) is 0. The summed E-state index contributed by atoms with van der Waals surface area (Å²) in [5.74, 6) is -0.904. The third kappa shape index (κ3) is 57.2. The molecule has 6 nitrogen and oxygen atoms in total. The summed E-state index contributed by atoms with van der Waals surface area (Å²) in [4.78, 5) is 38.2. The van der Waals surface area contributed by atoms with E-state index >= 15 is 0 Å². The van der Waals surface area contributed by atoms with E-state index < -0.39 is 6.10 Å². The van der Waals surface area contributed by atoms with E-state index in [4.69, 9.17) is 14.2 Å². The number of rotatable bonds is 54. The molecule has 0 amide bonds. The van der Waals surface area contributed by atoms with Crippen LogP contribution >= 0.6 is 0 Å². The second kappa shape index (κ2) is 59.9. The number of hydrogen-bond donors (Lipinski definition) is 0. The van der Waals surface area contributed by atoms with Crippen LogP contribution in [0.1, 0.15) is 284 Å². The van der Waals surface area contributed by atoms with Crippen LogP contribution in [0.15, 0.2) is 97.2 Å². The first-order valence-electron chi connectivity index (χ1n) is 30.2. The lowest BCUT2D eigenvalue weighted by atomic mass is 10.1. The van der Waals surface area contributed by atoms with Gasteiger partial charge in [-0.15, -0.1) is 0 Å². The van der Waals surface area contributed by atoms with Gasteiger partial charge in [0.1, 0.15) is 13.2 Å². The average molecular weight is 1000 g/mol. The average Bonchev–Trinajstić information content (AvgIpc) is 3.38. The topological polar surface area (TPSA) is 78.9 Å². The van der Waals surface area contributed by atoms with Gasteiger partial charge in [0.05, 0.1) is 0 Å². The molecular weight excluding hydrogens is 889 g/mol. The lowest BCUT2D eigenvalue weighted by molar-refractivity contribution is -0.167. The molecule has 0 N–H and O–H groups in total. The fraction of sp³-hybridized carbons (Fsp3) is 0.712. The number of carbonyl (C=O) groups excluding carboxylic acids is 3. The van der Waals surface area contributed by atoms with Gasteiger partial charge in [0, 0.05) is 19.3 Å². The minimum absolute atomic E-state index is 0.0864. The fourth-order valence-corrected chi connectivity index (χ4v) is 8.26. The summed E-state index contributed by atoms with van der Waals surface area (Å²) < 4.78 is 16.9. The fourth-order valence-electron chi connectivity index (χ4n) is 8.26. The van der Waals surface area contributed by atoms with Gasteiger partial charge in [-0.25, -0.2) is 0 Å². The summed E-state index contributed by atoms with van der Waals surface area (Å²) in [6.45, 7) is 6.47. The molecule has 0 fully saturated rings. The summed E-state index contributed by atoms with van der Waals surface area (Å²) in [5.41, 5.74) is 0. The molecule has 0 aromatic heterocycles. The van der Waals surface area contributed by atoms with Gasteiger partial charge in [-0.1, -0.05) is 240 Å². The number of ether oxygens (including phenoxy) is 3. The lowest BCUT2D eigenvalue weighted by Crippen LogP contribution is -2.30. The molecule has 0 aliphatic rings. The van der Waals surface area contributed by atoms with Gasteiger partial charge in [-0.2, -0.15) is 0 Å². The zero-order chi connectivity index (χ0) is 52.2. The first-order chi connectivity index (χ1) is 35.5. The van der Waals surface area contributed by atoms with E-state index in [1.165, 1.54) is 128 Å². The standard InChI is InChI=1S/C66H112O6/c1-4-7-10-13-16-19-22-25-27-29-30-31-32-33-34-35-36-38-39-41-44-47-50-53-56-59-65(68)71-62-63(61-70-64(67)58-55-52-49-46-43-24-21-18-15-12-9-6-3)72-66(69)60-57-54-51-48-45-42-40-37-28-26-23-20-17-14-11-8-5-2/h7,10,16-21,25-28,30-31,33-34,63H,4-6,8-9,11-15,22-24,29,32,35-62H2,1-3H3/b10-7-,19-16-,20-17-,21-18-,27-25-,28-26-,31-30-,34-33-. The molecule has 0 spiro atoms. The number of carbonyl (C=O) groups is 3. The maximum Gasteiger partial charge on any atom is 0.306 e. The van der Waals surface area contributed by atoms with E-state index in [2.05, 4.69) is 118 Å². The van der Waals surface area contributed by atoms with Crippen molar-refractivity contribution in [3.63, 3.8) is 0 Å². The highest BCUT2D eigenvalue weighted by Gasteiger charge is 2.19. The highest BCUT2D eigenvalue weighted by Crippen LogP contribution is 2.15. The van der Waals surface area contributed by atoms with Crippen LogP contribution in [-0.4, -0.2) is 37.2 Å². The van der Waals surface area contributed by atoms with Crippen LogP contribution in [0.4, 0.5) is 0 Å². The third-order valence-electron chi connectivity index (χ3n) is 12.8. The van der Waals surface area contributed by atoms with Crippen molar-refractivity contribution in [2.75, 3.05) is 13.2 Å². The first kappa shape index (κ1) is 68.3.